The van der Waals surface area contributed by atoms with E-state index in [9.17, 15) is 9.13 Å². The molecule has 0 aliphatic carbocycles. The molecule has 3 rings (SSSR count). The summed E-state index contributed by atoms with van der Waals surface area (Å²) in [4.78, 5) is 0. The largest absolute Gasteiger partial charge is 0.408 e. The van der Waals surface area contributed by atoms with Crippen LogP contribution in [0.2, 0.25) is 0 Å². The van der Waals surface area contributed by atoms with E-state index in [1.54, 1.807) is 0 Å². The molecule has 3 aliphatic heterocycles. The Hall–Kier alpha value is 0.220. The van der Waals surface area contributed by atoms with E-state index >= 15 is 0 Å². The standard InChI is InChI=1S/C22H44N2O6P2/c1-7-11-21-19(9-3)15-27-31(25,29-21)23-13-18(6)24(14-17(23)5)32(26)28-16-20(10-4)22(30-32)12-8-2/h17-22H,7-16H2,1-6H3. The van der Waals surface area contributed by atoms with E-state index in [1.807, 2.05) is 23.2 Å². The van der Waals surface area contributed by atoms with E-state index in [1.165, 1.54) is 0 Å². The van der Waals surface area contributed by atoms with Crippen LogP contribution in [0.25, 0.3) is 0 Å². The fourth-order valence-corrected chi connectivity index (χ4v) is 9.76. The van der Waals surface area contributed by atoms with Crippen molar-refractivity contribution in [3.8, 4) is 0 Å². The van der Waals surface area contributed by atoms with Crippen molar-refractivity contribution in [1.82, 2.24) is 9.34 Å². The minimum absolute atomic E-state index is 0.0470. The summed E-state index contributed by atoms with van der Waals surface area (Å²) in [5.74, 6) is 0.542. The molecule has 3 saturated heterocycles. The van der Waals surface area contributed by atoms with Gasteiger partial charge in [-0.05, 0) is 39.5 Å². The second kappa shape index (κ2) is 11.3. The molecule has 3 heterocycles. The number of hydrogen-bond acceptors (Lipinski definition) is 6. The summed E-state index contributed by atoms with van der Waals surface area (Å²) >= 11 is 0. The molecule has 8 nitrogen and oxygen atoms in total. The Balaban J connectivity index is 1.72. The maximum absolute atomic E-state index is 13.8. The Morgan fingerprint density at radius 3 is 1.41 bits per heavy atom. The van der Waals surface area contributed by atoms with E-state index < -0.39 is 15.5 Å². The molecular weight excluding hydrogens is 450 g/mol. The lowest BCUT2D eigenvalue weighted by atomic mass is 9.97. The lowest BCUT2D eigenvalue weighted by Crippen LogP contribution is -2.55. The molecule has 0 saturated carbocycles. The lowest BCUT2D eigenvalue weighted by Gasteiger charge is -2.50. The van der Waals surface area contributed by atoms with Gasteiger partial charge in [0.15, 0.2) is 0 Å². The maximum Gasteiger partial charge on any atom is 0.408 e. The third-order valence-electron chi connectivity index (χ3n) is 7.24. The summed E-state index contributed by atoms with van der Waals surface area (Å²) in [6, 6.07) is -0.326. The van der Waals surface area contributed by atoms with Crippen LogP contribution in [0.15, 0.2) is 0 Å². The summed E-state index contributed by atoms with van der Waals surface area (Å²) in [5.41, 5.74) is 0. The Kier molecular flexibility index (Phi) is 9.47. The van der Waals surface area contributed by atoms with Crippen molar-refractivity contribution in [3.63, 3.8) is 0 Å². The first-order valence-electron chi connectivity index (χ1n) is 12.6. The lowest BCUT2D eigenvalue weighted by molar-refractivity contribution is -0.0274. The first-order chi connectivity index (χ1) is 15.2. The Bertz CT molecular complexity index is 652. The van der Waals surface area contributed by atoms with Gasteiger partial charge >= 0.3 is 15.5 Å². The van der Waals surface area contributed by atoms with Crippen molar-refractivity contribution in [2.75, 3.05) is 26.3 Å². The number of piperazine rings is 1. The van der Waals surface area contributed by atoms with Crippen molar-refractivity contribution in [3.05, 3.63) is 0 Å². The molecule has 0 spiro atoms. The Labute approximate surface area is 194 Å². The van der Waals surface area contributed by atoms with E-state index in [4.69, 9.17) is 18.1 Å². The molecule has 8 unspecified atom stereocenters. The van der Waals surface area contributed by atoms with E-state index in [0.29, 0.717) is 26.3 Å². The second-order valence-corrected chi connectivity index (χ2v) is 13.5. The zero-order chi connectivity index (χ0) is 23.5. The van der Waals surface area contributed by atoms with Gasteiger partial charge in [-0.3, -0.25) is 18.1 Å². The second-order valence-electron chi connectivity index (χ2n) is 9.67. The fraction of sp³-hybridized carbons (Fsp3) is 1.00. The van der Waals surface area contributed by atoms with Gasteiger partial charge in [-0.1, -0.05) is 40.5 Å². The maximum atomic E-state index is 13.8. The van der Waals surface area contributed by atoms with Crippen LogP contribution in [0, 0.1) is 11.8 Å². The van der Waals surface area contributed by atoms with Gasteiger partial charge in [0.05, 0.1) is 25.4 Å². The summed E-state index contributed by atoms with van der Waals surface area (Å²) in [7, 11) is -6.82. The van der Waals surface area contributed by atoms with Gasteiger partial charge in [-0.25, -0.2) is 18.5 Å². The number of rotatable bonds is 8. The van der Waals surface area contributed by atoms with Crippen LogP contribution >= 0.6 is 15.5 Å². The van der Waals surface area contributed by atoms with Crippen LogP contribution in [0.3, 0.4) is 0 Å². The smallest absolute Gasteiger partial charge is 0.296 e. The zero-order valence-electron chi connectivity index (χ0n) is 20.8. The van der Waals surface area contributed by atoms with Gasteiger partial charge in [-0.2, -0.15) is 0 Å². The monoisotopic (exact) mass is 494 g/mol. The normalized spacial score (nSPS) is 44.6. The summed E-state index contributed by atoms with van der Waals surface area (Å²) in [5, 5.41) is 0. The van der Waals surface area contributed by atoms with Crippen molar-refractivity contribution in [2.24, 2.45) is 11.8 Å². The molecule has 3 fully saturated rings. The van der Waals surface area contributed by atoms with Crippen LogP contribution in [0.5, 0.6) is 0 Å². The van der Waals surface area contributed by atoms with E-state index in [0.717, 1.165) is 38.5 Å². The van der Waals surface area contributed by atoms with Crippen LogP contribution in [0.4, 0.5) is 0 Å². The molecule has 0 radical (unpaired) electrons. The average Bonchev–Trinajstić information content (AvgIpc) is 2.76. The van der Waals surface area contributed by atoms with Gasteiger partial charge in [-0.15, -0.1) is 0 Å². The third-order valence-corrected chi connectivity index (χ3v) is 11.6. The fourth-order valence-electron chi connectivity index (χ4n) is 5.12. The summed E-state index contributed by atoms with van der Waals surface area (Å²) in [6.07, 6.45) is 5.52. The molecule has 0 aromatic heterocycles. The highest BCUT2D eigenvalue weighted by molar-refractivity contribution is 7.52. The SMILES string of the molecule is CCCC1OP(=O)(N2CC(C)N(P3(=O)OCC(CC)C(CCC)O3)CC2C)OCC1CC. The van der Waals surface area contributed by atoms with Crippen molar-refractivity contribution in [2.45, 2.75) is 104 Å². The highest BCUT2D eigenvalue weighted by atomic mass is 31.2. The van der Waals surface area contributed by atoms with Crippen molar-refractivity contribution < 1.29 is 27.2 Å². The molecule has 0 amide bonds. The molecular formula is C22H44N2O6P2. The highest BCUT2D eigenvalue weighted by Gasteiger charge is 2.52. The topological polar surface area (TPSA) is 77.5 Å². The molecule has 188 valence electrons. The first kappa shape index (κ1) is 26.8. The van der Waals surface area contributed by atoms with Crippen LogP contribution < -0.4 is 0 Å². The molecule has 0 N–H and O–H groups in total. The van der Waals surface area contributed by atoms with Crippen molar-refractivity contribution in [1.29, 1.82) is 0 Å². The first-order valence-corrected chi connectivity index (χ1v) is 15.6. The average molecular weight is 495 g/mol. The molecule has 10 heteroatoms. The minimum atomic E-state index is -3.41. The van der Waals surface area contributed by atoms with Crippen molar-refractivity contribution >= 4 is 15.5 Å². The highest BCUT2D eigenvalue weighted by Crippen LogP contribution is 2.63. The molecule has 32 heavy (non-hydrogen) atoms. The van der Waals surface area contributed by atoms with Crippen LogP contribution in [0.1, 0.15) is 80.1 Å². The van der Waals surface area contributed by atoms with Gasteiger partial charge < -0.3 is 0 Å². The van der Waals surface area contributed by atoms with Gasteiger partial charge in [0.1, 0.15) is 0 Å². The van der Waals surface area contributed by atoms with Gasteiger partial charge in [0.2, 0.25) is 0 Å². The quantitative estimate of drug-likeness (QED) is 0.376. The zero-order valence-corrected chi connectivity index (χ0v) is 22.6. The van der Waals surface area contributed by atoms with Crippen LogP contribution in [-0.4, -0.2) is 59.9 Å². The van der Waals surface area contributed by atoms with Crippen LogP contribution in [-0.2, 0) is 27.2 Å². The number of nitrogens with zero attached hydrogens (tertiary/aromatic N) is 2. The summed E-state index contributed by atoms with van der Waals surface area (Å²) < 4.78 is 55.5. The predicted octanol–water partition coefficient (Wildman–Crippen LogP) is 6.08. The third kappa shape index (κ3) is 5.54. The number of hydrogen-bond donors (Lipinski definition) is 0. The van der Waals surface area contributed by atoms with Gasteiger partial charge in [0, 0.05) is 37.0 Å². The molecule has 8 atom stereocenters. The summed E-state index contributed by atoms with van der Waals surface area (Å²) in [6.45, 7) is 14.2. The minimum Gasteiger partial charge on any atom is -0.296 e. The molecule has 0 aromatic carbocycles. The molecule has 0 bridgehead atoms. The predicted molar refractivity (Wildman–Crippen MR) is 127 cm³/mol. The molecule has 3 aliphatic rings. The van der Waals surface area contributed by atoms with Gasteiger partial charge in [0.25, 0.3) is 0 Å². The Morgan fingerprint density at radius 1 is 0.719 bits per heavy atom. The van der Waals surface area contributed by atoms with E-state index in [2.05, 4.69) is 27.7 Å². The van der Waals surface area contributed by atoms with E-state index in [-0.39, 0.29) is 36.1 Å². The Morgan fingerprint density at radius 2 is 1.09 bits per heavy atom. The molecule has 0 aromatic rings.